The van der Waals surface area contributed by atoms with Gasteiger partial charge in [0.05, 0.1) is 25.5 Å². The number of aromatic nitrogens is 1. The van der Waals surface area contributed by atoms with Crippen LogP contribution >= 0.6 is 11.3 Å². The molecule has 2 aromatic rings. The molecule has 0 aliphatic carbocycles. The van der Waals surface area contributed by atoms with Gasteiger partial charge >= 0.3 is 0 Å². The zero-order valence-electron chi connectivity index (χ0n) is 11.5. The zero-order valence-corrected chi connectivity index (χ0v) is 12.3. The van der Waals surface area contributed by atoms with Crippen molar-refractivity contribution in [2.45, 2.75) is 19.4 Å². The van der Waals surface area contributed by atoms with Crippen LogP contribution < -0.4 is 5.32 Å². The summed E-state index contributed by atoms with van der Waals surface area (Å²) in [6.45, 7) is 4.06. The first kappa shape index (κ1) is 13.5. The average Bonchev–Trinajstić information content (AvgIpc) is 2.97. The molecule has 3 rings (SSSR count). The van der Waals surface area contributed by atoms with Gasteiger partial charge < -0.3 is 14.8 Å². The molecular weight excluding hydrogens is 272 g/mol. The van der Waals surface area contributed by atoms with Gasteiger partial charge in [0.2, 0.25) is 0 Å². The maximum absolute atomic E-state index is 5.66. The Bertz CT molecular complexity index is 565. The van der Waals surface area contributed by atoms with Crippen LogP contribution in [0, 0.1) is 0 Å². The monoisotopic (exact) mass is 290 g/mol. The van der Waals surface area contributed by atoms with E-state index in [4.69, 9.17) is 9.47 Å². The molecular formula is C15H18N2O2S. The number of para-hydroxylation sites is 1. The summed E-state index contributed by atoms with van der Waals surface area (Å²) in [7, 11) is 0. The van der Waals surface area contributed by atoms with Gasteiger partial charge in [-0.25, -0.2) is 4.98 Å². The van der Waals surface area contributed by atoms with Crippen LogP contribution in [0.5, 0.6) is 0 Å². The largest absolute Gasteiger partial charge is 0.376 e. The van der Waals surface area contributed by atoms with E-state index >= 15 is 0 Å². The first-order chi connectivity index (χ1) is 9.86. The first-order valence-electron chi connectivity index (χ1n) is 6.86. The highest BCUT2D eigenvalue weighted by molar-refractivity contribution is 7.13. The van der Waals surface area contributed by atoms with Crippen LogP contribution in [-0.2, 0) is 15.9 Å². The summed E-state index contributed by atoms with van der Waals surface area (Å²) in [6.07, 6.45) is 0.970. The summed E-state index contributed by atoms with van der Waals surface area (Å²) in [5, 5.41) is 6.33. The average molecular weight is 290 g/mol. The molecule has 1 aromatic heterocycles. The minimum atomic E-state index is -0.0306. The van der Waals surface area contributed by atoms with Crippen molar-refractivity contribution in [3.8, 4) is 0 Å². The standard InChI is InChI=1S/C15H18N2O2S/c1-2-11-5-3-4-6-12(11)16-15-17-13(10-20-15)14-9-18-7-8-19-14/h3-6,10,14H,2,7-9H2,1H3,(H,16,17). The Morgan fingerprint density at radius 1 is 1.35 bits per heavy atom. The smallest absolute Gasteiger partial charge is 0.187 e. The van der Waals surface area contributed by atoms with E-state index in [2.05, 4.69) is 35.4 Å². The molecule has 1 atom stereocenters. The topological polar surface area (TPSA) is 43.4 Å². The van der Waals surface area contributed by atoms with E-state index in [1.807, 2.05) is 11.4 Å². The molecule has 4 nitrogen and oxygen atoms in total. The fourth-order valence-corrected chi connectivity index (χ4v) is 2.98. The summed E-state index contributed by atoms with van der Waals surface area (Å²) in [5.74, 6) is 0. The predicted octanol–water partition coefficient (Wildman–Crippen LogP) is 3.54. The summed E-state index contributed by atoms with van der Waals surface area (Å²) < 4.78 is 11.1. The normalized spacial score (nSPS) is 18.9. The lowest BCUT2D eigenvalue weighted by Gasteiger charge is -2.21. The molecule has 0 radical (unpaired) electrons. The molecule has 1 aliphatic heterocycles. The van der Waals surface area contributed by atoms with Crippen LogP contribution in [0.15, 0.2) is 29.6 Å². The molecule has 1 unspecified atom stereocenters. The minimum Gasteiger partial charge on any atom is -0.376 e. The highest BCUT2D eigenvalue weighted by atomic mass is 32.1. The summed E-state index contributed by atoms with van der Waals surface area (Å²) in [4.78, 5) is 4.61. The summed E-state index contributed by atoms with van der Waals surface area (Å²) >= 11 is 1.60. The molecule has 1 N–H and O–H groups in total. The third-order valence-corrected chi connectivity index (χ3v) is 4.08. The Kier molecular flexibility index (Phi) is 4.30. The van der Waals surface area contributed by atoms with E-state index in [1.54, 1.807) is 11.3 Å². The lowest BCUT2D eigenvalue weighted by Crippen LogP contribution is -2.22. The predicted molar refractivity (Wildman–Crippen MR) is 80.7 cm³/mol. The van der Waals surface area contributed by atoms with Crippen molar-refractivity contribution in [2.24, 2.45) is 0 Å². The number of benzene rings is 1. The molecule has 5 heteroatoms. The van der Waals surface area contributed by atoms with Gasteiger partial charge in [-0.05, 0) is 18.1 Å². The first-order valence-corrected chi connectivity index (χ1v) is 7.74. The second-order valence-corrected chi connectivity index (χ2v) is 5.51. The Morgan fingerprint density at radius 2 is 2.25 bits per heavy atom. The van der Waals surface area contributed by atoms with Crippen molar-refractivity contribution in [1.29, 1.82) is 0 Å². The van der Waals surface area contributed by atoms with Gasteiger partial charge in [0.1, 0.15) is 6.10 Å². The molecule has 1 saturated heterocycles. The molecule has 0 bridgehead atoms. The van der Waals surface area contributed by atoms with Crippen LogP contribution in [0.3, 0.4) is 0 Å². The number of aryl methyl sites for hydroxylation is 1. The van der Waals surface area contributed by atoms with Crippen molar-refractivity contribution in [2.75, 3.05) is 25.1 Å². The summed E-state index contributed by atoms with van der Waals surface area (Å²) in [6, 6.07) is 8.31. The lowest BCUT2D eigenvalue weighted by molar-refractivity contribution is -0.0915. The molecule has 1 aromatic carbocycles. The quantitative estimate of drug-likeness (QED) is 0.935. The van der Waals surface area contributed by atoms with Gasteiger partial charge in [0.25, 0.3) is 0 Å². The molecule has 2 heterocycles. The van der Waals surface area contributed by atoms with E-state index in [0.717, 1.165) is 22.9 Å². The van der Waals surface area contributed by atoms with Crippen LogP contribution in [0.1, 0.15) is 24.3 Å². The van der Waals surface area contributed by atoms with E-state index in [1.165, 1.54) is 5.56 Å². The fourth-order valence-electron chi connectivity index (χ4n) is 2.22. The van der Waals surface area contributed by atoms with Crippen LogP contribution in [0.2, 0.25) is 0 Å². The number of nitrogens with zero attached hydrogens (tertiary/aromatic N) is 1. The van der Waals surface area contributed by atoms with Gasteiger partial charge in [-0.1, -0.05) is 25.1 Å². The maximum Gasteiger partial charge on any atom is 0.187 e. The van der Waals surface area contributed by atoms with Crippen molar-refractivity contribution in [3.63, 3.8) is 0 Å². The Labute approximate surface area is 122 Å². The van der Waals surface area contributed by atoms with E-state index in [-0.39, 0.29) is 6.10 Å². The Morgan fingerprint density at radius 3 is 3.05 bits per heavy atom. The fraction of sp³-hybridized carbons (Fsp3) is 0.400. The van der Waals surface area contributed by atoms with Gasteiger partial charge in [-0.15, -0.1) is 11.3 Å². The van der Waals surface area contributed by atoms with Gasteiger partial charge in [-0.3, -0.25) is 0 Å². The Hall–Kier alpha value is -1.43. The van der Waals surface area contributed by atoms with Crippen molar-refractivity contribution in [1.82, 2.24) is 4.98 Å². The van der Waals surface area contributed by atoms with Gasteiger partial charge in [-0.2, -0.15) is 0 Å². The number of anilines is 2. The van der Waals surface area contributed by atoms with Gasteiger partial charge in [0, 0.05) is 11.1 Å². The van der Waals surface area contributed by atoms with E-state index in [0.29, 0.717) is 19.8 Å². The van der Waals surface area contributed by atoms with E-state index < -0.39 is 0 Å². The second-order valence-electron chi connectivity index (χ2n) is 4.65. The number of hydrogen-bond donors (Lipinski definition) is 1. The molecule has 0 saturated carbocycles. The SMILES string of the molecule is CCc1ccccc1Nc1nc(C2COCCO2)cs1. The van der Waals surface area contributed by atoms with Crippen LogP contribution in [0.25, 0.3) is 0 Å². The molecule has 20 heavy (non-hydrogen) atoms. The van der Waals surface area contributed by atoms with Crippen LogP contribution in [0.4, 0.5) is 10.8 Å². The zero-order chi connectivity index (χ0) is 13.8. The Balaban J connectivity index is 1.73. The second kappa shape index (κ2) is 6.35. The van der Waals surface area contributed by atoms with Crippen LogP contribution in [-0.4, -0.2) is 24.8 Å². The lowest BCUT2D eigenvalue weighted by atomic mass is 10.1. The number of nitrogens with one attached hydrogen (secondary N) is 1. The minimum absolute atomic E-state index is 0.0306. The maximum atomic E-state index is 5.66. The molecule has 106 valence electrons. The number of ether oxygens (including phenoxy) is 2. The van der Waals surface area contributed by atoms with Crippen molar-refractivity contribution >= 4 is 22.2 Å². The van der Waals surface area contributed by atoms with Crippen molar-refractivity contribution in [3.05, 3.63) is 40.9 Å². The highest BCUT2D eigenvalue weighted by Crippen LogP contribution is 2.28. The molecule has 0 spiro atoms. The number of rotatable bonds is 4. The van der Waals surface area contributed by atoms with Gasteiger partial charge in [0.15, 0.2) is 5.13 Å². The van der Waals surface area contributed by atoms with Crippen molar-refractivity contribution < 1.29 is 9.47 Å². The number of thiazole rings is 1. The third kappa shape index (κ3) is 3.00. The van der Waals surface area contributed by atoms with E-state index in [9.17, 15) is 0 Å². The molecule has 1 aliphatic rings. The summed E-state index contributed by atoms with van der Waals surface area (Å²) in [5.41, 5.74) is 3.37. The molecule has 0 amide bonds. The molecule has 1 fully saturated rings. The number of hydrogen-bond acceptors (Lipinski definition) is 5. The highest BCUT2D eigenvalue weighted by Gasteiger charge is 2.19. The third-order valence-electron chi connectivity index (χ3n) is 3.31.